The highest BCUT2D eigenvalue weighted by atomic mass is 79.9. The van der Waals surface area contributed by atoms with Gasteiger partial charge in [-0.3, -0.25) is 0 Å². The number of tetrazole rings is 1. The molecule has 0 atom stereocenters. The Morgan fingerprint density at radius 3 is 2.85 bits per heavy atom. The van der Waals surface area contributed by atoms with Crippen molar-refractivity contribution >= 4 is 27.7 Å². The van der Waals surface area contributed by atoms with Crippen molar-refractivity contribution in [3.05, 3.63) is 28.2 Å². The van der Waals surface area contributed by atoms with E-state index in [2.05, 4.69) is 31.5 Å². The second kappa shape index (κ2) is 6.24. The van der Waals surface area contributed by atoms with Gasteiger partial charge in [-0.15, -0.1) is 5.10 Å². The highest BCUT2D eigenvalue weighted by Gasteiger charge is 2.22. The van der Waals surface area contributed by atoms with E-state index in [1.165, 1.54) is 12.8 Å². The Morgan fingerprint density at radius 2 is 2.15 bits per heavy atom. The van der Waals surface area contributed by atoms with Crippen molar-refractivity contribution in [3.63, 3.8) is 0 Å². The monoisotopic (exact) mass is 354 g/mol. The quantitative estimate of drug-likeness (QED) is 0.913. The highest BCUT2D eigenvalue weighted by molar-refractivity contribution is 9.10. The van der Waals surface area contributed by atoms with Crippen LogP contribution in [0.4, 0.5) is 0 Å². The number of hydrogen-bond acceptors (Lipinski definition) is 5. The first kappa shape index (κ1) is 14.0. The molecule has 0 saturated heterocycles. The summed E-state index contributed by atoms with van der Waals surface area (Å²) in [6, 6.07) is 6.25. The molecule has 1 aliphatic carbocycles. The maximum absolute atomic E-state index is 9.13. The van der Waals surface area contributed by atoms with Crippen molar-refractivity contribution in [3.8, 4) is 0 Å². The van der Waals surface area contributed by atoms with E-state index in [4.69, 9.17) is 5.11 Å². The van der Waals surface area contributed by atoms with Crippen LogP contribution in [0.2, 0.25) is 0 Å². The number of hydrogen-bond donors (Lipinski definition) is 1. The van der Waals surface area contributed by atoms with Gasteiger partial charge in [0.25, 0.3) is 0 Å². The molecule has 1 saturated carbocycles. The van der Waals surface area contributed by atoms with Crippen LogP contribution in [-0.2, 0) is 6.61 Å². The standard InChI is InChI=1S/C13H15BrN4OS/c14-11-7-9(8-19)5-6-12(11)20-13-15-16-17-18(13)10-3-1-2-4-10/h5-7,10,19H,1-4,8H2. The molecule has 5 nitrogen and oxygen atoms in total. The smallest absolute Gasteiger partial charge is 0.214 e. The second-order valence-corrected chi connectivity index (χ2v) is 6.73. The first-order valence-corrected chi connectivity index (χ1v) is 8.24. The molecular weight excluding hydrogens is 340 g/mol. The van der Waals surface area contributed by atoms with Crippen molar-refractivity contribution in [2.45, 2.75) is 48.4 Å². The summed E-state index contributed by atoms with van der Waals surface area (Å²) in [6.45, 7) is 0.0450. The molecule has 1 fully saturated rings. The fraction of sp³-hybridized carbons (Fsp3) is 0.462. The molecule has 2 aromatic rings. The Labute approximate surface area is 129 Å². The summed E-state index contributed by atoms with van der Waals surface area (Å²) in [5, 5.41) is 22.0. The number of aliphatic hydroxyl groups is 1. The molecule has 3 rings (SSSR count). The molecule has 1 N–H and O–H groups in total. The fourth-order valence-corrected chi connectivity index (χ4v) is 3.97. The number of halogens is 1. The summed E-state index contributed by atoms with van der Waals surface area (Å²) in [7, 11) is 0. The minimum Gasteiger partial charge on any atom is -0.392 e. The zero-order chi connectivity index (χ0) is 13.9. The van der Waals surface area contributed by atoms with Gasteiger partial charge in [0, 0.05) is 9.37 Å². The first-order chi connectivity index (χ1) is 9.78. The molecule has 1 heterocycles. The Balaban J connectivity index is 1.83. The van der Waals surface area contributed by atoms with Crippen molar-refractivity contribution in [2.75, 3.05) is 0 Å². The van der Waals surface area contributed by atoms with E-state index in [-0.39, 0.29) is 6.61 Å². The molecule has 0 aliphatic heterocycles. The third-order valence-electron chi connectivity index (χ3n) is 3.51. The van der Waals surface area contributed by atoms with Crippen LogP contribution >= 0.6 is 27.7 Å². The normalized spacial score (nSPS) is 15.9. The molecule has 1 aromatic carbocycles. The van der Waals surface area contributed by atoms with Gasteiger partial charge in [0.2, 0.25) is 5.16 Å². The Morgan fingerprint density at radius 1 is 1.35 bits per heavy atom. The van der Waals surface area contributed by atoms with E-state index < -0.39 is 0 Å². The van der Waals surface area contributed by atoms with Crippen LogP contribution in [0.15, 0.2) is 32.7 Å². The third-order valence-corrected chi connectivity index (χ3v) is 5.46. The van der Waals surface area contributed by atoms with Crippen molar-refractivity contribution in [2.24, 2.45) is 0 Å². The lowest BCUT2D eigenvalue weighted by Crippen LogP contribution is -2.08. The number of aromatic nitrogens is 4. The minimum absolute atomic E-state index is 0.0450. The molecule has 0 bridgehead atoms. The SMILES string of the molecule is OCc1ccc(Sc2nnnn2C2CCCC2)c(Br)c1. The van der Waals surface area contributed by atoms with Crippen LogP contribution in [0.3, 0.4) is 0 Å². The van der Waals surface area contributed by atoms with E-state index in [1.54, 1.807) is 11.8 Å². The van der Waals surface area contributed by atoms with E-state index in [0.29, 0.717) is 6.04 Å². The van der Waals surface area contributed by atoms with Crippen molar-refractivity contribution in [1.82, 2.24) is 20.2 Å². The molecule has 0 amide bonds. The fourth-order valence-electron chi connectivity index (χ4n) is 2.45. The van der Waals surface area contributed by atoms with Crippen LogP contribution in [-0.4, -0.2) is 25.3 Å². The summed E-state index contributed by atoms with van der Waals surface area (Å²) in [4.78, 5) is 1.05. The predicted molar refractivity (Wildman–Crippen MR) is 79.5 cm³/mol. The lowest BCUT2D eigenvalue weighted by atomic mass is 10.2. The average Bonchev–Trinajstić information content (AvgIpc) is 3.11. The molecule has 0 radical (unpaired) electrons. The molecule has 20 heavy (non-hydrogen) atoms. The molecule has 1 aliphatic rings. The van der Waals surface area contributed by atoms with E-state index in [9.17, 15) is 0 Å². The molecule has 0 spiro atoms. The van der Waals surface area contributed by atoms with Gasteiger partial charge in [-0.1, -0.05) is 18.9 Å². The maximum Gasteiger partial charge on any atom is 0.214 e. The van der Waals surface area contributed by atoms with Gasteiger partial charge < -0.3 is 5.11 Å². The number of nitrogens with zero attached hydrogens (tertiary/aromatic N) is 4. The summed E-state index contributed by atoms with van der Waals surface area (Å²) < 4.78 is 2.90. The summed E-state index contributed by atoms with van der Waals surface area (Å²) in [6.07, 6.45) is 4.82. The highest BCUT2D eigenvalue weighted by Crippen LogP contribution is 2.36. The maximum atomic E-state index is 9.13. The summed E-state index contributed by atoms with van der Waals surface area (Å²) in [5.41, 5.74) is 0.886. The molecule has 7 heteroatoms. The van der Waals surface area contributed by atoms with Crippen LogP contribution in [0.1, 0.15) is 37.3 Å². The number of rotatable bonds is 4. The summed E-state index contributed by atoms with van der Waals surface area (Å²) in [5.74, 6) is 0. The Kier molecular flexibility index (Phi) is 4.38. The third kappa shape index (κ3) is 2.89. The average molecular weight is 355 g/mol. The molecule has 106 valence electrons. The van der Waals surface area contributed by atoms with Gasteiger partial charge >= 0.3 is 0 Å². The number of benzene rings is 1. The topological polar surface area (TPSA) is 63.8 Å². The van der Waals surface area contributed by atoms with E-state index in [1.807, 2.05) is 22.9 Å². The molecular formula is C13H15BrN4OS. The minimum atomic E-state index is 0.0450. The van der Waals surface area contributed by atoms with Crippen LogP contribution in [0, 0.1) is 0 Å². The predicted octanol–water partition coefficient (Wildman–Crippen LogP) is 3.19. The van der Waals surface area contributed by atoms with Crippen LogP contribution in [0.25, 0.3) is 0 Å². The van der Waals surface area contributed by atoms with Crippen molar-refractivity contribution < 1.29 is 5.11 Å². The molecule has 0 unspecified atom stereocenters. The lowest BCUT2D eigenvalue weighted by Gasteiger charge is -2.11. The van der Waals surface area contributed by atoms with Gasteiger partial charge in [-0.2, -0.15) is 0 Å². The van der Waals surface area contributed by atoms with E-state index in [0.717, 1.165) is 32.9 Å². The second-order valence-electron chi connectivity index (χ2n) is 4.87. The first-order valence-electron chi connectivity index (χ1n) is 6.63. The van der Waals surface area contributed by atoms with Crippen LogP contribution in [0.5, 0.6) is 0 Å². The van der Waals surface area contributed by atoms with Crippen molar-refractivity contribution in [1.29, 1.82) is 0 Å². The largest absolute Gasteiger partial charge is 0.392 e. The summed E-state index contributed by atoms with van der Waals surface area (Å²) >= 11 is 5.08. The Bertz CT molecular complexity index is 598. The zero-order valence-electron chi connectivity index (χ0n) is 10.9. The van der Waals surface area contributed by atoms with E-state index >= 15 is 0 Å². The van der Waals surface area contributed by atoms with Gasteiger partial charge in [0.05, 0.1) is 12.6 Å². The molecule has 1 aromatic heterocycles. The zero-order valence-corrected chi connectivity index (χ0v) is 13.3. The lowest BCUT2D eigenvalue weighted by molar-refractivity contribution is 0.281. The van der Waals surface area contributed by atoms with Crippen LogP contribution < -0.4 is 0 Å². The van der Waals surface area contributed by atoms with Gasteiger partial charge in [0.1, 0.15) is 0 Å². The Hall–Kier alpha value is -0.920. The van der Waals surface area contributed by atoms with Gasteiger partial charge in [-0.05, 0) is 68.7 Å². The van der Waals surface area contributed by atoms with Gasteiger partial charge in [-0.25, -0.2) is 4.68 Å². The van der Waals surface area contributed by atoms with Gasteiger partial charge in [0.15, 0.2) is 0 Å². The number of aliphatic hydroxyl groups excluding tert-OH is 1.